The van der Waals surface area contributed by atoms with Gasteiger partial charge in [-0.15, -0.1) is 0 Å². The Hall–Kier alpha value is -2.07. The van der Waals surface area contributed by atoms with Crippen LogP contribution >= 0.6 is 11.6 Å². The molecule has 2 aromatic rings. The largest absolute Gasteiger partial charge is 0.396 e. The van der Waals surface area contributed by atoms with Gasteiger partial charge >= 0.3 is 0 Å². The average Bonchev–Trinajstić information content (AvgIpc) is 2.48. The summed E-state index contributed by atoms with van der Waals surface area (Å²) in [6, 6.07) is 11.2. The van der Waals surface area contributed by atoms with E-state index < -0.39 is 5.82 Å². The normalized spacial score (nSPS) is 12.0. The van der Waals surface area contributed by atoms with Crippen molar-refractivity contribution in [3.63, 3.8) is 0 Å². The minimum atomic E-state index is -0.589. The highest BCUT2D eigenvalue weighted by Gasteiger charge is 2.19. The zero-order valence-corrected chi connectivity index (χ0v) is 12.6. The number of carbonyl (C=O) groups excluding carboxylic acids is 1. The third kappa shape index (κ3) is 3.34. The van der Waals surface area contributed by atoms with Crippen LogP contribution in [0.4, 0.5) is 10.1 Å². The van der Waals surface area contributed by atoms with E-state index in [1.165, 1.54) is 12.1 Å². The van der Waals surface area contributed by atoms with Crippen LogP contribution in [-0.2, 0) is 0 Å². The molecule has 110 valence electrons. The van der Waals surface area contributed by atoms with E-state index in [4.69, 9.17) is 17.3 Å². The highest BCUT2D eigenvalue weighted by Crippen LogP contribution is 2.23. The molecule has 0 aliphatic carbocycles. The maximum absolute atomic E-state index is 13.5. The number of hydrogen-bond acceptors (Lipinski definition) is 2. The first kappa shape index (κ1) is 15.3. The summed E-state index contributed by atoms with van der Waals surface area (Å²) < 4.78 is 13.5. The lowest BCUT2D eigenvalue weighted by molar-refractivity contribution is 0.0742. The Morgan fingerprint density at radius 3 is 2.43 bits per heavy atom. The third-order valence-electron chi connectivity index (χ3n) is 3.50. The highest BCUT2D eigenvalue weighted by molar-refractivity contribution is 6.30. The molecule has 1 unspecified atom stereocenters. The number of nitrogens with two attached hydrogens (primary N) is 1. The van der Waals surface area contributed by atoms with Crippen molar-refractivity contribution in [2.75, 3.05) is 12.8 Å². The fourth-order valence-corrected chi connectivity index (χ4v) is 2.13. The molecule has 0 fully saturated rings. The molecule has 1 atom stereocenters. The molecule has 0 aromatic heterocycles. The van der Waals surface area contributed by atoms with Crippen LogP contribution < -0.4 is 5.73 Å². The van der Waals surface area contributed by atoms with Gasteiger partial charge in [0.05, 0.1) is 11.7 Å². The van der Waals surface area contributed by atoms with Crippen LogP contribution in [-0.4, -0.2) is 17.9 Å². The molecular formula is C16H16ClFN2O. The zero-order chi connectivity index (χ0) is 15.6. The topological polar surface area (TPSA) is 46.3 Å². The number of amides is 1. The summed E-state index contributed by atoms with van der Waals surface area (Å²) >= 11 is 5.85. The Morgan fingerprint density at radius 2 is 1.86 bits per heavy atom. The van der Waals surface area contributed by atoms with E-state index in [1.807, 2.05) is 19.1 Å². The second-order valence-corrected chi connectivity index (χ2v) is 5.32. The summed E-state index contributed by atoms with van der Waals surface area (Å²) in [5.74, 6) is -0.857. The second kappa shape index (κ2) is 6.14. The van der Waals surface area contributed by atoms with Crippen molar-refractivity contribution in [2.24, 2.45) is 0 Å². The third-order valence-corrected chi connectivity index (χ3v) is 3.75. The van der Waals surface area contributed by atoms with Gasteiger partial charge in [0.1, 0.15) is 5.82 Å². The molecule has 2 rings (SSSR count). The molecule has 1 amide bonds. The first-order chi connectivity index (χ1) is 9.90. The molecule has 0 radical (unpaired) electrons. The van der Waals surface area contributed by atoms with E-state index in [9.17, 15) is 9.18 Å². The first-order valence-electron chi connectivity index (χ1n) is 6.48. The van der Waals surface area contributed by atoms with Crippen molar-refractivity contribution >= 4 is 23.2 Å². The van der Waals surface area contributed by atoms with Crippen molar-refractivity contribution in [3.05, 3.63) is 64.4 Å². The molecule has 0 spiro atoms. The van der Waals surface area contributed by atoms with E-state index >= 15 is 0 Å². The molecule has 2 N–H and O–H groups in total. The SMILES string of the molecule is CC(c1ccc(Cl)cc1)N(C)C(=O)c1ccc(N)c(F)c1. The van der Waals surface area contributed by atoms with E-state index in [0.29, 0.717) is 5.02 Å². The lowest BCUT2D eigenvalue weighted by Gasteiger charge is -2.25. The van der Waals surface area contributed by atoms with Crippen LogP contribution in [0, 0.1) is 5.82 Å². The highest BCUT2D eigenvalue weighted by atomic mass is 35.5. The molecule has 0 saturated heterocycles. The van der Waals surface area contributed by atoms with Crippen LogP contribution in [0.2, 0.25) is 5.02 Å². The molecule has 5 heteroatoms. The Balaban J connectivity index is 2.21. The lowest BCUT2D eigenvalue weighted by Crippen LogP contribution is -2.29. The molecule has 0 aliphatic rings. The van der Waals surface area contributed by atoms with Crippen molar-refractivity contribution in [2.45, 2.75) is 13.0 Å². The summed E-state index contributed by atoms with van der Waals surface area (Å²) in [6.07, 6.45) is 0. The van der Waals surface area contributed by atoms with Gasteiger partial charge in [-0.05, 0) is 42.8 Å². The summed E-state index contributed by atoms with van der Waals surface area (Å²) in [7, 11) is 1.68. The average molecular weight is 307 g/mol. The van der Waals surface area contributed by atoms with Crippen LogP contribution in [0.5, 0.6) is 0 Å². The number of hydrogen-bond donors (Lipinski definition) is 1. The molecule has 0 aliphatic heterocycles. The van der Waals surface area contributed by atoms with E-state index in [-0.39, 0.29) is 23.2 Å². The van der Waals surface area contributed by atoms with Gasteiger partial charge in [-0.2, -0.15) is 0 Å². The smallest absolute Gasteiger partial charge is 0.254 e. The number of anilines is 1. The minimum Gasteiger partial charge on any atom is -0.396 e. The van der Waals surface area contributed by atoms with Gasteiger partial charge in [-0.1, -0.05) is 23.7 Å². The van der Waals surface area contributed by atoms with Crippen LogP contribution in [0.3, 0.4) is 0 Å². The predicted molar refractivity (Wildman–Crippen MR) is 82.8 cm³/mol. The Morgan fingerprint density at radius 1 is 1.24 bits per heavy atom. The van der Waals surface area contributed by atoms with E-state index in [0.717, 1.165) is 11.6 Å². The van der Waals surface area contributed by atoms with Gasteiger partial charge in [0.25, 0.3) is 5.91 Å². The van der Waals surface area contributed by atoms with E-state index in [2.05, 4.69) is 0 Å². The number of nitrogen functional groups attached to an aromatic ring is 1. The van der Waals surface area contributed by atoms with Gasteiger partial charge in [0.15, 0.2) is 0 Å². The van der Waals surface area contributed by atoms with Crippen molar-refractivity contribution in [1.82, 2.24) is 4.90 Å². The van der Waals surface area contributed by atoms with Crippen molar-refractivity contribution in [1.29, 1.82) is 0 Å². The van der Waals surface area contributed by atoms with Crippen LogP contribution in [0.15, 0.2) is 42.5 Å². The molecule has 2 aromatic carbocycles. The fraction of sp³-hybridized carbons (Fsp3) is 0.188. The van der Waals surface area contributed by atoms with Gasteiger partial charge in [-0.25, -0.2) is 4.39 Å². The molecular weight excluding hydrogens is 291 g/mol. The quantitative estimate of drug-likeness (QED) is 0.874. The Labute approximate surface area is 128 Å². The monoisotopic (exact) mass is 306 g/mol. The summed E-state index contributed by atoms with van der Waals surface area (Å²) in [4.78, 5) is 13.9. The minimum absolute atomic E-state index is 0.0277. The number of halogens is 2. The van der Waals surface area contributed by atoms with Crippen molar-refractivity contribution in [3.8, 4) is 0 Å². The second-order valence-electron chi connectivity index (χ2n) is 4.88. The Kier molecular flexibility index (Phi) is 4.48. The fourth-order valence-electron chi connectivity index (χ4n) is 2.00. The summed E-state index contributed by atoms with van der Waals surface area (Å²) in [5.41, 5.74) is 6.66. The van der Waals surface area contributed by atoms with E-state index in [1.54, 1.807) is 24.1 Å². The van der Waals surface area contributed by atoms with Crippen LogP contribution in [0.1, 0.15) is 28.9 Å². The summed E-state index contributed by atoms with van der Waals surface area (Å²) in [6.45, 7) is 1.90. The maximum Gasteiger partial charge on any atom is 0.254 e. The summed E-state index contributed by atoms with van der Waals surface area (Å²) in [5, 5.41) is 0.639. The van der Waals surface area contributed by atoms with Gasteiger partial charge in [-0.3, -0.25) is 4.79 Å². The number of benzene rings is 2. The number of nitrogens with zero attached hydrogens (tertiary/aromatic N) is 1. The maximum atomic E-state index is 13.5. The van der Waals surface area contributed by atoms with Gasteiger partial charge in [0.2, 0.25) is 0 Å². The van der Waals surface area contributed by atoms with Gasteiger partial charge < -0.3 is 10.6 Å². The molecule has 0 saturated carbocycles. The molecule has 3 nitrogen and oxygen atoms in total. The predicted octanol–water partition coefficient (Wildman–Crippen LogP) is 3.89. The molecule has 0 bridgehead atoms. The first-order valence-corrected chi connectivity index (χ1v) is 6.85. The lowest BCUT2D eigenvalue weighted by atomic mass is 10.1. The standard InChI is InChI=1S/C16H16ClFN2O/c1-10(11-3-6-13(17)7-4-11)20(2)16(21)12-5-8-15(19)14(18)9-12/h3-10H,19H2,1-2H3. The Bertz CT molecular complexity index is 658. The number of rotatable bonds is 3. The van der Waals surface area contributed by atoms with Crippen molar-refractivity contribution < 1.29 is 9.18 Å². The number of carbonyl (C=O) groups is 1. The molecule has 21 heavy (non-hydrogen) atoms. The van der Waals surface area contributed by atoms with Gasteiger partial charge in [0, 0.05) is 17.6 Å². The van der Waals surface area contributed by atoms with Crippen LogP contribution in [0.25, 0.3) is 0 Å². The zero-order valence-electron chi connectivity index (χ0n) is 11.8. The molecule has 0 heterocycles.